The summed E-state index contributed by atoms with van der Waals surface area (Å²) in [5, 5.41) is 2.79. The molecule has 0 saturated carbocycles. The van der Waals surface area contributed by atoms with Crippen LogP contribution in [0, 0.1) is 0 Å². The van der Waals surface area contributed by atoms with Crippen LogP contribution in [0.15, 0.2) is 61.1 Å². The van der Waals surface area contributed by atoms with Crippen molar-refractivity contribution in [2.24, 2.45) is 0 Å². The number of alkyl halides is 6. The summed E-state index contributed by atoms with van der Waals surface area (Å²) in [6, 6.07) is 8.55. The average Bonchev–Trinajstić information content (AvgIpc) is 3.08. The molecule has 0 unspecified atom stereocenters. The standard InChI is InChI=1S/C19H11F6N5/c20-18(21,22)11-4-6-12(7-5-11)27-14-3-1-2-13(28-14)16-17(19(23,24)25)29-15-10-26-8-9-30(15)16/h1-10H,(H,27,28). The summed E-state index contributed by atoms with van der Waals surface area (Å²) in [5.74, 6) is 0.157. The van der Waals surface area contributed by atoms with E-state index in [0.717, 1.165) is 12.1 Å². The molecule has 0 bridgehead atoms. The minimum atomic E-state index is -4.72. The van der Waals surface area contributed by atoms with E-state index in [9.17, 15) is 26.3 Å². The second kappa shape index (κ2) is 7.01. The minimum absolute atomic E-state index is 0.00252. The van der Waals surface area contributed by atoms with E-state index >= 15 is 0 Å². The van der Waals surface area contributed by atoms with Crippen LogP contribution in [0.25, 0.3) is 17.0 Å². The van der Waals surface area contributed by atoms with Gasteiger partial charge in [0, 0.05) is 18.1 Å². The van der Waals surface area contributed by atoms with Gasteiger partial charge >= 0.3 is 12.4 Å². The molecule has 4 rings (SSSR count). The molecule has 30 heavy (non-hydrogen) atoms. The first-order valence-electron chi connectivity index (χ1n) is 8.44. The SMILES string of the molecule is FC(F)(F)c1ccc(Nc2cccc(-c3c(C(F)(F)F)nc4cnccn34)n2)cc1. The van der Waals surface area contributed by atoms with Gasteiger partial charge in [0.05, 0.1) is 17.5 Å². The molecule has 0 aliphatic rings. The number of imidazole rings is 1. The van der Waals surface area contributed by atoms with Crippen molar-refractivity contribution in [2.75, 3.05) is 5.32 Å². The minimum Gasteiger partial charge on any atom is -0.340 e. The molecule has 4 aromatic rings. The highest BCUT2D eigenvalue weighted by Gasteiger charge is 2.38. The maximum absolute atomic E-state index is 13.5. The Hall–Kier alpha value is -3.63. The Morgan fingerprint density at radius 1 is 0.833 bits per heavy atom. The Labute approximate surface area is 165 Å². The number of fused-ring (bicyclic) bond motifs is 1. The van der Waals surface area contributed by atoms with E-state index in [2.05, 4.69) is 20.3 Å². The summed E-state index contributed by atoms with van der Waals surface area (Å²) in [6.45, 7) is 0. The molecule has 1 aromatic carbocycles. The van der Waals surface area contributed by atoms with Crippen molar-refractivity contribution in [3.8, 4) is 11.4 Å². The molecule has 0 radical (unpaired) electrons. The number of hydrogen-bond acceptors (Lipinski definition) is 4. The van der Waals surface area contributed by atoms with Gasteiger partial charge in [-0.2, -0.15) is 26.3 Å². The molecule has 3 heterocycles. The molecule has 5 nitrogen and oxygen atoms in total. The monoisotopic (exact) mass is 423 g/mol. The van der Waals surface area contributed by atoms with Crippen molar-refractivity contribution in [1.82, 2.24) is 19.4 Å². The lowest BCUT2D eigenvalue weighted by atomic mass is 10.2. The number of hydrogen-bond donors (Lipinski definition) is 1. The number of aromatic nitrogens is 4. The van der Waals surface area contributed by atoms with Gasteiger partial charge in [-0.1, -0.05) is 6.07 Å². The maximum atomic E-state index is 13.5. The summed E-state index contributed by atoms with van der Waals surface area (Å²) in [5.41, 5.74) is -1.92. The Morgan fingerprint density at radius 3 is 2.23 bits per heavy atom. The molecule has 0 saturated heterocycles. The lowest BCUT2D eigenvalue weighted by molar-refractivity contribution is -0.140. The molecule has 3 aromatic heterocycles. The van der Waals surface area contributed by atoms with Crippen molar-refractivity contribution in [1.29, 1.82) is 0 Å². The van der Waals surface area contributed by atoms with Crippen LogP contribution < -0.4 is 5.32 Å². The third kappa shape index (κ3) is 3.78. The van der Waals surface area contributed by atoms with Crippen LogP contribution >= 0.6 is 0 Å². The fraction of sp³-hybridized carbons (Fsp3) is 0.105. The molecule has 0 atom stereocenters. The first-order chi connectivity index (χ1) is 14.1. The van der Waals surface area contributed by atoms with Crippen LogP contribution in [0.3, 0.4) is 0 Å². The second-order valence-electron chi connectivity index (χ2n) is 6.22. The Kier molecular flexibility index (Phi) is 4.60. The molecule has 0 aliphatic carbocycles. The van der Waals surface area contributed by atoms with Crippen molar-refractivity contribution < 1.29 is 26.3 Å². The van der Waals surface area contributed by atoms with Gasteiger partial charge in [0.2, 0.25) is 0 Å². The van der Waals surface area contributed by atoms with Gasteiger partial charge in [0.1, 0.15) is 11.5 Å². The quantitative estimate of drug-likeness (QED) is 0.438. The van der Waals surface area contributed by atoms with Gasteiger partial charge < -0.3 is 5.32 Å². The van der Waals surface area contributed by atoms with E-state index in [-0.39, 0.29) is 22.9 Å². The average molecular weight is 423 g/mol. The predicted octanol–water partition coefficient (Wildman–Crippen LogP) is 5.57. The van der Waals surface area contributed by atoms with Crippen LogP contribution in [0.2, 0.25) is 0 Å². The normalized spacial score (nSPS) is 12.3. The Bertz CT molecular complexity index is 1190. The first-order valence-corrected chi connectivity index (χ1v) is 8.44. The third-order valence-corrected chi connectivity index (χ3v) is 4.18. The number of anilines is 2. The van der Waals surface area contributed by atoms with Crippen LogP contribution in [-0.4, -0.2) is 19.4 Å². The van der Waals surface area contributed by atoms with Gasteiger partial charge in [-0.3, -0.25) is 9.38 Å². The summed E-state index contributed by atoms with van der Waals surface area (Å²) in [4.78, 5) is 11.6. The molecule has 11 heteroatoms. The van der Waals surface area contributed by atoms with Crippen LogP contribution in [0.5, 0.6) is 0 Å². The van der Waals surface area contributed by atoms with E-state index in [1.54, 1.807) is 0 Å². The smallest absolute Gasteiger partial charge is 0.340 e. The maximum Gasteiger partial charge on any atom is 0.435 e. The lowest BCUT2D eigenvalue weighted by Crippen LogP contribution is -2.08. The summed E-state index contributed by atoms with van der Waals surface area (Å²) < 4.78 is 79.8. The summed E-state index contributed by atoms with van der Waals surface area (Å²) >= 11 is 0. The number of rotatable bonds is 3. The van der Waals surface area contributed by atoms with Gasteiger partial charge in [-0.15, -0.1) is 0 Å². The van der Waals surface area contributed by atoms with Gasteiger partial charge in [0.15, 0.2) is 11.3 Å². The first kappa shape index (κ1) is 19.7. The zero-order valence-electron chi connectivity index (χ0n) is 14.8. The molecule has 0 spiro atoms. The number of halogens is 6. The fourth-order valence-electron chi connectivity index (χ4n) is 2.88. The molecule has 0 fully saturated rings. The lowest BCUT2D eigenvalue weighted by Gasteiger charge is -2.11. The molecular formula is C19H11F6N5. The Morgan fingerprint density at radius 2 is 1.57 bits per heavy atom. The molecule has 1 N–H and O–H groups in total. The van der Waals surface area contributed by atoms with Crippen molar-refractivity contribution in [3.05, 3.63) is 72.3 Å². The highest BCUT2D eigenvalue weighted by atomic mass is 19.4. The highest BCUT2D eigenvalue weighted by molar-refractivity contribution is 5.67. The van der Waals surface area contributed by atoms with Gasteiger partial charge in [-0.05, 0) is 36.4 Å². The predicted molar refractivity (Wildman–Crippen MR) is 95.9 cm³/mol. The highest BCUT2D eigenvalue weighted by Crippen LogP contribution is 2.37. The van der Waals surface area contributed by atoms with Crippen molar-refractivity contribution in [2.45, 2.75) is 12.4 Å². The summed E-state index contributed by atoms with van der Waals surface area (Å²) in [6.07, 6.45) is -5.33. The number of nitrogens with zero attached hydrogens (tertiary/aromatic N) is 4. The van der Waals surface area contributed by atoms with E-state index in [4.69, 9.17) is 0 Å². The van der Waals surface area contributed by atoms with E-state index in [1.807, 2.05) is 0 Å². The van der Waals surface area contributed by atoms with Crippen molar-refractivity contribution in [3.63, 3.8) is 0 Å². The molecular weight excluding hydrogens is 412 g/mol. The van der Waals surface area contributed by atoms with Crippen molar-refractivity contribution >= 4 is 17.2 Å². The van der Waals surface area contributed by atoms with E-state index in [1.165, 1.54) is 53.3 Å². The van der Waals surface area contributed by atoms with E-state index in [0.29, 0.717) is 5.69 Å². The Balaban J connectivity index is 1.73. The van der Waals surface area contributed by atoms with Crippen LogP contribution in [0.1, 0.15) is 11.3 Å². The second-order valence-corrected chi connectivity index (χ2v) is 6.22. The number of nitrogens with one attached hydrogen (secondary N) is 1. The largest absolute Gasteiger partial charge is 0.435 e. The third-order valence-electron chi connectivity index (χ3n) is 4.18. The zero-order chi connectivity index (χ0) is 21.5. The van der Waals surface area contributed by atoms with Crippen LogP contribution in [0.4, 0.5) is 37.8 Å². The van der Waals surface area contributed by atoms with Crippen LogP contribution in [-0.2, 0) is 12.4 Å². The number of benzene rings is 1. The number of pyridine rings is 1. The van der Waals surface area contributed by atoms with E-state index < -0.39 is 23.6 Å². The fourth-order valence-corrected chi connectivity index (χ4v) is 2.88. The molecule has 154 valence electrons. The molecule has 0 aliphatic heterocycles. The molecule has 0 amide bonds. The zero-order valence-corrected chi connectivity index (χ0v) is 14.8. The topological polar surface area (TPSA) is 55.1 Å². The van der Waals surface area contributed by atoms with Gasteiger partial charge in [0.25, 0.3) is 0 Å². The summed E-state index contributed by atoms with van der Waals surface area (Å²) in [7, 11) is 0. The van der Waals surface area contributed by atoms with Gasteiger partial charge in [-0.25, -0.2) is 9.97 Å².